The molecule has 38 heavy (non-hydrogen) atoms. The first kappa shape index (κ1) is 27.4. The molecule has 0 aliphatic heterocycles. The van der Waals surface area contributed by atoms with Gasteiger partial charge in [-0.15, -0.1) is 0 Å². The molecule has 4 aromatic carbocycles. The van der Waals surface area contributed by atoms with Gasteiger partial charge in [-0.3, -0.25) is 0 Å². The maximum Gasteiger partial charge on any atom is 0.144 e. The van der Waals surface area contributed by atoms with Crippen LogP contribution in [0, 0.1) is 27.7 Å². The maximum atomic E-state index is 10.6. The van der Waals surface area contributed by atoms with E-state index < -0.39 is 0 Å². The molecule has 0 aliphatic rings. The third-order valence-electron chi connectivity index (χ3n) is 7.82. The van der Waals surface area contributed by atoms with Crippen LogP contribution in [0.1, 0.15) is 56.3 Å². The number of phenolic OH excluding ortho intramolecular Hbond substituents is 4. The molecule has 0 aromatic heterocycles. The average Bonchev–Trinajstić information content (AvgIpc) is 2.85. The van der Waals surface area contributed by atoms with Gasteiger partial charge in [0.15, 0.2) is 0 Å². The Morgan fingerprint density at radius 2 is 0.579 bits per heavy atom. The van der Waals surface area contributed by atoms with Gasteiger partial charge < -0.3 is 20.4 Å². The molecular weight excluding hydrogens is 468 g/mol. The summed E-state index contributed by atoms with van der Waals surface area (Å²) in [5.74, 6) is 0.782. The van der Waals surface area contributed by atoms with Crippen LogP contribution in [0.3, 0.4) is 0 Å². The van der Waals surface area contributed by atoms with Gasteiger partial charge in [-0.05, 0) is 94.1 Å². The molecule has 0 bridgehead atoms. The highest BCUT2D eigenvalue weighted by Crippen LogP contribution is 2.45. The molecule has 0 saturated heterocycles. The molecule has 0 radical (unpaired) electrons. The number of phenols is 4. The quantitative estimate of drug-likeness (QED) is 0.284. The van der Waals surface area contributed by atoms with Crippen molar-refractivity contribution < 1.29 is 20.4 Å². The molecule has 0 atom stereocenters. The minimum atomic E-state index is -0.183. The van der Waals surface area contributed by atoms with Gasteiger partial charge in [-0.25, -0.2) is 0 Å². The highest BCUT2D eigenvalue weighted by Gasteiger charge is 2.31. The number of hydrogen-bond acceptors (Lipinski definition) is 4. The second-order valence-corrected chi connectivity index (χ2v) is 11.0. The molecule has 0 heterocycles. The molecule has 4 nitrogen and oxygen atoms in total. The molecule has 0 aliphatic carbocycles. The smallest absolute Gasteiger partial charge is 0.144 e. The molecule has 4 aromatic rings. The minimum absolute atomic E-state index is 0.183. The van der Waals surface area contributed by atoms with Crippen molar-refractivity contribution in [3.05, 3.63) is 93.0 Å². The van der Waals surface area contributed by atoms with Gasteiger partial charge in [0.05, 0.1) is 0 Å². The van der Waals surface area contributed by atoms with Crippen molar-refractivity contribution in [2.45, 2.75) is 39.5 Å². The Kier molecular flexibility index (Phi) is 7.38. The molecule has 8 heteroatoms. The number of rotatable bonds is 5. The van der Waals surface area contributed by atoms with E-state index in [1.165, 1.54) is 0 Å². The van der Waals surface area contributed by atoms with Crippen molar-refractivity contribution in [3.63, 3.8) is 0 Å². The Morgan fingerprint density at radius 3 is 0.737 bits per heavy atom. The van der Waals surface area contributed by atoms with Crippen LogP contribution in [-0.4, -0.2) is 51.8 Å². The predicted octanol–water partition coefficient (Wildman–Crippen LogP) is -0.260. The summed E-state index contributed by atoms with van der Waals surface area (Å²) >= 11 is 0. The van der Waals surface area contributed by atoms with E-state index in [2.05, 4.69) is 0 Å². The van der Waals surface area contributed by atoms with E-state index in [4.69, 9.17) is 0 Å². The molecular formula is C30H34B4O4. The summed E-state index contributed by atoms with van der Waals surface area (Å²) in [4.78, 5) is 0. The van der Waals surface area contributed by atoms with Crippen molar-refractivity contribution in [1.29, 1.82) is 0 Å². The minimum Gasteiger partial charge on any atom is -0.508 e. The lowest BCUT2D eigenvalue weighted by atomic mass is 9.69. The summed E-state index contributed by atoms with van der Waals surface area (Å²) in [5.41, 5.74) is 10.5. The second-order valence-electron chi connectivity index (χ2n) is 11.0. The molecule has 190 valence electrons. The third kappa shape index (κ3) is 4.92. The first-order valence-electron chi connectivity index (χ1n) is 13.0. The van der Waals surface area contributed by atoms with Crippen LogP contribution in [-0.2, 0) is 0 Å². The Labute approximate surface area is 229 Å². The zero-order valence-corrected chi connectivity index (χ0v) is 23.6. The summed E-state index contributed by atoms with van der Waals surface area (Å²) in [5, 5.41) is 42.4. The van der Waals surface area contributed by atoms with Gasteiger partial charge in [0.25, 0.3) is 0 Å². The van der Waals surface area contributed by atoms with Crippen LogP contribution in [0.15, 0.2) is 48.5 Å². The number of hydrogen-bond donors (Lipinski definition) is 4. The SMILES string of the molecule is Bc1cc(C(c2cc(B)c(O)c(C)c2)C(c2cc(B)c(O)c(C)c2)c2cc(B)c(O)c(C)c2)cc(C)c1O. The van der Waals surface area contributed by atoms with Gasteiger partial charge in [0.2, 0.25) is 0 Å². The second kappa shape index (κ2) is 10.2. The Hall–Kier alpha value is -3.66. The zero-order chi connectivity index (χ0) is 28.0. The van der Waals surface area contributed by atoms with E-state index in [1.54, 1.807) is 0 Å². The Bertz CT molecular complexity index is 1240. The number of benzene rings is 4. The summed E-state index contributed by atoms with van der Waals surface area (Å²) in [6, 6.07) is 16.3. The van der Waals surface area contributed by atoms with Crippen LogP contribution < -0.4 is 21.9 Å². The van der Waals surface area contributed by atoms with Gasteiger partial charge in [0.1, 0.15) is 54.4 Å². The summed E-state index contributed by atoms with van der Waals surface area (Å²) in [7, 11) is 7.65. The molecule has 0 unspecified atom stereocenters. The number of aromatic hydroxyl groups is 4. The summed E-state index contributed by atoms with van der Waals surface area (Å²) in [6.45, 7) is 7.65. The van der Waals surface area contributed by atoms with Crippen LogP contribution in [0.5, 0.6) is 23.0 Å². The molecule has 4 rings (SSSR count). The van der Waals surface area contributed by atoms with Crippen molar-refractivity contribution in [2.24, 2.45) is 0 Å². The van der Waals surface area contributed by atoms with Gasteiger partial charge in [-0.1, -0.05) is 48.5 Å². The molecule has 0 fully saturated rings. The monoisotopic (exact) mass is 502 g/mol. The van der Waals surface area contributed by atoms with Gasteiger partial charge >= 0.3 is 0 Å². The topological polar surface area (TPSA) is 80.9 Å². The van der Waals surface area contributed by atoms with E-state index in [0.717, 1.165) is 66.4 Å². The lowest BCUT2D eigenvalue weighted by Gasteiger charge is -2.32. The lowest BCUT2D eigenvalue weighted by molar-refractivity contribution is 0.473. The molecule has 0 saturated carbocycles. The normalized spacial score (nSPS) is 11.4. The van der Waals surface area contributed by atoms with Crippen LogP contribution in [0.25, 0.3) is 0 Å². The van der Waals surface area contributed by atoms with E-state index in [9.17, 15) is 20.4 Å². The van der Waals surface area contributed by atoms with E-state index in [1.807, 2.05) is 108 Å². The zero-order valence-electron chi connectivity index (χ0n) is 23.6. The molecule has 0 amide bonds. The highest BCUT2D eigenvalue weighted by molar-refractivity contribution is 6.35. The van der Waals surface area contributed by atoms with Crippen LogP contribution >= 0.6 is 0 Å². The van der Waals surface area contributed by atoms with Gasteiger partial charge in [-0.2, -0.15) is 0 Å². The fourth-order valence-electron chi connectivity index (χ4n) is 5.83. The van der Waals surface area contributed by atoms with Gasteiger partial charge in [0, 0.05) is 11.8 Å². The van der Waals surface area contributed by atoms with Crippen LogP contribution in [0.4, 0.5) is 0 Å². The van der Waals surface area contributed by atoms with Crippen LogP contribution in [0.2, 0.25) is 0 Å². The lowest BCUT2D eigenvalue weighted by Crippen LogP contribution is -2.22. The van der Waals surface area contributed by atoms with Crippen molar-refractivity contribution in [2.75, 3.05) is 0 Å². The Morgan fingerprint density at radius 1 is 0.395 bits per heavy atom. The summed E-state index contributed by atoms with van der Waals surface area (Å²) in [6.07, 6.45) is 0. The number of aryl methyl sites for hydroxylation is 4. The van der Waals surface area contributed by atoms with Crippen molar-refractivity contribution in [1.82, 2.24) is 0 Å². The fraction of sp³-hybridized carbons (Fsp3) is 0.200. The Balaban J connectivity index is 2.14. The molecule has 0 spiro atoms. The van der Waals surface area contributed by atoms with Crippen molar-refractivity contribution in [3.8, 4) is 23.0 Å². The first-order valence-corrected chi connectivity index (χ1v) is 13.0. The predicted molar refractivity (Wildman–Crippen MR) is 168 cm³/mol. The fourth-order valence-corrected chi connectivity index (χ4v) is 5.83. The highest BCUT2D eigenvalue weighted by atomic mass is 16.3. The van der Waals surface area contributed by atoms with E-state index in [-0.39, 0.29) is 34.8 Å². The standard InChI is InChI=1S/C30H34B4O4/c1-13-5-17(9-21(31)27(13)35)25(18-6-14(2)28(36)22(32)10-18)26(19-7-15(3)29(37)23(33)11-19)20-8-16(4)30(38)24(34)12-20/h5-12,25-26,35-38H,31-34H2,1-4H3. The van der Waals surface area contributed by atoms with E-state index >= 15 is 0 Å². The largest absolute Gasteiger partial charge is 0.508 e. The summed E-state index contributed by atoms with van der Waals surface area (Å²) < 4.78 is 0. The van der Waals surface area contributed by atoms with Crippen molar-refractivity contribution >= 4 is 53.2 Å². The average molecular weight is 502 g/mol. The third-order valence-corrected chi connectivity index (χ3v) is 7.82. The van der Waals surface area contributed by atoms with E-state index in [0.29, 0.717) is 0 Å². The maximum absolute atomic E-state index is 10.6. The first-order chi connectivity index (χ1) is 17.8. The molecule has 4 N–H and O–H groups in total.